The summed E-state index contributed by atoms with van der Waals surface area (Å²) in [6, 6.07) is 20.8. The van der Waals surface area contributed by atoms with Crippen LogP contribution in [0.5, 0.6) is 0 Å². The van der Waals surface area contributed by atoms with Gasteiger partial charge in [-0.2, -0.15) is 0 Å². The van der Waals surface area contributed by atoms with Crippen LogP contribution in [-0.4, -0.2) is 53.2 Å². The summed E-state index contributed by atoms with van der Waals surface area (Å²) in [7, 11) is 0. The molecule has 2 amide bonds. The SMILES string of the molecule is CCOC(=O)CNC(=O)Nc1cccc([C@H]2O[C@@H](CSc3ccc(C(=O)O)cc3)C[C@@H](c3ccc(CO)cc3)O2)c1. The smallest absolute Gasteiger partial charge is 0.335 e. The van der Waals surface area contributed by atoms with Crippen molar-refractivity contribution in [1.82, 2.24) is 5.32 Å². The number of esters is 1. The lowest BCUT2D eigenvalue weighted by atomic mass is 10.0. The predicted octanol–water partition coefficient (Wildman–Crippen LogP) is 4.90. The first-order chi connectivity index (χ1) is 19.8. The second-order valence-electron chi connectivity index (χ2n) is 9.23. The van der Waals surface area contributed by atoms with Crippen LogP contribution in [0.3, 0.4) is 0 Å². The summed E-state index contributed by atoms with van der Waals surface area (Å²) in [6.45, 7) is 1.62. The van der Waals surface area contributed by atoms with Gasteiger partial charge < -0.3 is 35.1 Å². The number of hydrogen-bond acceptors (Lipinski definition) is 8. The van der Waals surface area contributed by atoms with Crippen LogP contribution in [0.15, 0.2) is 77.7 Å². The fourth-order valence-electron chi connectivity index (χ4n) is 4.21. The fraction of sp³-hybridized carbons (Fsp3) is 0.300. The fourth-order valence-corrected chi connectivity index (χ4v) is 5.13. The van der Waals surface area contributed by atoms with Crippen molar-refractivity contribution in [2.24, 2.45) is 0 Å². The minimum absolute atomic E-state index is 0.0510. The Labute approximate surface area is 242 Å². The van der Waals surface area contributed by atoms with Crippen LogP contribution in [0, 0.1) is 0 Å². The maximum atomic E-state index is 12.3. The molecule has 3 atom stereocenters. The third-order valence-electron chi connectivity index (χ3n) is 6.27. The van der Waals surface area contributed by atoms with Crippen LogP contribution in [0.2, 0.25) is 0 Å². The highest BCUT2D eigenvalue weighted by Gasteiger charge is 2.32. The minimum Gasteiger partial charge on any atom is -0.478 e. The second kappa shape index (κ2) is 14.6. The summed E-state index contributed by atoms with van der Waals surface area (Å²) in [4.78, 5) is 35.9. The van der Waals surface area contributed by atoms with Crippen molar-refractivity contribution in [3.05, 3.63) is 95.1 Å². The van der Waals surface area contributed by atoms with Crippen LogP contribution in [0.1, 0.15) is 52.8 Å². The molecule has 1 fully saturated rings. The molecule has 4 rings (SSSR count). The van der Waals surface area contributed by atoms with Gasteiger partial charge in [0, 0.05) is 28.3 Å². The van der Waals surface area contributed by atoms with Gasteiger partial charge in [-0.15, -0.1) is 11.8 Å². The van der Waals surface area contributed by atoms with Gasteiger partial charge in [0.15, 0.2) is 6.29 Å². The van der Waals surface area contributed by atoms with Crippen molar-refractivity contribution in [1.29, 1.82) is 0 Å². The van der Waals surface area contributed by atoms with Gasteiger partial charge >= 0.3 is 18.0 Å². The first kappa shape index (κ1) is 30.1. The van der Waals surface area contributed by atoms with Gasteiger partial charge in [-0.3, -0.25) is 4.79 Å². The molecule has 3 aromatic rings. The van der Waals surface area contributed by atoms with Gasteiger partial charge in [-0.25, -0.2) is 9.59 Å². The van der Waals surface area contributed by atoms with E-state index in [0.717, 1.165) is 16.0 Å². The standard InChI is InChI=1S/C30H32N2O8S/c1-2-38-27(34)16-31-30(37)32-23-5-3-4-22(14-23)29-39-24(18-41-25-12-10-21(11-13-25)28(35)36)15-26(40-29)20-8-6-19(17-33)7-9-20/h3-14,24,26,29,33H,2,15-18H2,1H3,(H,35,36)(H2,31,32,37)/t24-,26+,29+/m1/s1. The number of benzene rings is 3. The van der Waals surface area contributed by atoms with E-state index < -0.39 is 24.3 Å². The van der Waals surface area contributed by atoms with Gasteiger partial charge in [0.25, 0.3) is 0 Å². The normalized spacial score (nSPS) is 18.3. The molecule has 0 aliphatic carbocycles. The molecule has 41 heavy (non-hydrogen) atoms. The lowest BCUT2D eigenvalue weighted by molar-refractivity contribution is -0.245. The van der Waals surface area contributed by atoms with Crippen LogP contribution in [0.4, 0.5) is 10.5 Å². The van der Waals surface area contributed by atoms with E-state index in [4.69, 9.17) is 19.3 Å². The van der Waals surface area contributed by atoms with Crippen LogP contribution < -0.4 is 10.6 Å². The quantitative estimate of drug-likeness (QED) is 0.184. The molecule has 0 unspecified atom stereocenters. The van der Waals surface area contributed by atoms with Crippen molar-refractivity contribution in [3.63, 3.8) is 0 Å². The Bertz CT molecular complexity index is 1330. The van der Waals surface area contributed by atoms with E-state index in [1.54, 1.807) is 61.2 Å². The summed E-state index contributed by atoms with van der Waals surface area (Å²) in [5, 5.41) is 23.7. The van der Waals surface area contributed by atoms with Crippen LogP contribution in [-0.2, 0) is 25.6 Å². The van der Waals surface area contributed by atoms with E-state index in [1.165, 1.54) is 0 Å². The number of ether oxygens (including phenoxy) is 3. The third kappa shape index (κ3) is 8.79. The molecular formula is C30H32N2O8S. The van der Waals surface area contributed by atoms with Crippen molar-refractivity contribution in [3.8, 4) is 0 Å². The zero-order chi connectivity index (χ0) is 29.2. The minimum atomic E-state index is -0.972. The Morgan fingerprint density at radius 3 is 2.44 bits per heavy atom. The number of aromatic carboxylic acids is 1. The maximum absolute atomic E-state index is 12.3. The maximum Gasteiger partial charge on any atom is 0.335 e. The molecule has 1 aliphatic heterocycles. The van der Waals surface area contributed by atoms with E-state index >= 15 is 0 Å². The first-order valence-electron chi connectivity index (χ1n) is 13.1. The molecule has 1 heterocycles. The number of aliphatic hydroxyl groups is 1. The summed E-state index contributed by atoms with van der Waals surface area (Å²) >= 11 is 1.56. The molecule has 0 saturated carbocycles. The average Bonchev–Trinajstić information content (AvgIpc) is 2.99. The number of urea groups is 1. The number of carboxylic acids is 1. The number of hydrogen-bond donors (Lipinski definition) is 4. The lowest BCUT2D eigenvalue weighted by Gasteiger charge is -2.36. The van der Waals surface area contributed by atoms with Crippen molar-refractivity contribution in [2.45, 2.75) is 43.3 Å². The van der Waals surface area contributed by atoms with E-state index in [1.807, 2.05) is 30.3 Å². The molecule has 0 aromatic heterocycles. The molecule has 1 aliphatic rings. The molecule has 4 N–H and O–H groups in total. The Kier molecular flexibility index (Phi) is 10.7. The Hall–Kier alpha value is -3.90. The molecule has 3 aromatic carbocycles. The topological polar surface area (TPSA) is 143 Å². The van der Waals surface area contributed by atoms with E-state index in [2.05, 4.69) is 10.6 Å². The van der Waals surface area contributed by atoms with Crippen molar-refractivity contribution < 1.29 is 38.8 Å². The zero-order valence-corrected chi connectivity index (χ0v) is 23.3. The van der Waals surface area contributed by atoms with E-state index in [9.17, 15) is 19.5 Å². The van der Waals surface area contributed by atoms with Gasteiger partial charge in [-0.1, -0.05) is 36.4 Å². The van der Waals surface area contributed by atoms with E-state index in [0.29, 0.717) is 23.4 Å². The molecule has 1 saturated heterocycles. The van der Waals surface area contributed by atoms with Crippen LogP contribution >= 0.6 is 11.8 Å². The highest BCUT2D eigenvalue weighted by atomic mass is 32.2. The predicted molar refractivity (Wildman–Crippen MR) is 153 cm³/mol. The second-order valence-corrected chi connectivity index (χ2v) is 10.3. The molecule has 216 valence electrons. The zero-order valence-electron chi connectivity index (χ0n) is 22.4. The van der Waals surface area contributed by atoms with Crippen molar-refractivity contribution in [2.75, 3.05) is 24.2 Å². The summed E-state index contributed by atoms with van der Waals surface area (Å²) < 4.78 is 17.5. The third-order valence-corrected chi connectivity index (χ3v) is 7.41. The van der Waals surface area contributed by atoms with Gasteiger partial charge in [0.1, 0.15) is 6.54 Å². The average molecular weight is 581 g/mol. The number of carbonyl (C=O) groups excluding carboxylic acids is 2. The molecular weight excluding hydrogens is 548 g/mol. The van der Waals surface area contributed by atoms with Gasteiger partial charge in [-0.05, 0) is 54.4 Å². The molecule has 0 radical (unpaired) electrons. The Morgan fingerprint density at radius 1 is 1.00 bits per heavy atom. The number of amides is 2. The molecule has 0 bridgehead atoms. The Balaban J connectivity index is 1.47. The number of thioether (sulfide) groups is 1. The number of rotatable bonds is 11. The Morgan fingerprint density at radius 2 is 1.76 bits per heavy atom. The van der Waals surface area contributed by atoms with Gasteiger partial charge in [0.05, 0.1) is 31.0 Å². The molecule has 10 nitrogen and oxygen atoms in total. The number of carboxylic acid groups (broad SMARTS) is 1. The number of aliphatic hydroxyl groups excluding tert-OH is 1. The lowest BCUT2D eigenvalue weighted by Crippen LogP contribution is -2.34. The number of nitrogens with one attached hydrogen (secondary N) is 2. The first-order valence-corrected chi connectivity index (χ1v) is 14.1. The largest absolute Gasteiger partial charge is 0.478 e. The summed E-state index contributed by atoms with van der Waals surface area (Å²) in [5.41, 5.74) is 3.17. The number of carbonyl (C=O) groups is 3. The monoisotopic (exact) mass is 580 g/mol. The van der Waals surface area contributed by atoms with Crippen LogP contribution in [0.25, 0.3) is 0 Å². The molecule has 11 heteroatoms. The van der Waals surface area contributed by atoms with E-state index in [-0.39, 0.29) is 37.5 Å². The summed E-state index contributed by atoms with van der Waals surface area (Å²) in [6.07, 6.45) is -0.630. The number of anilines is 1. The molecule has 0 spiro atoms. The summed E-state index contributed by atoms with van der Waals surface area (Å²) in [5.74, 6) is -0.897. The highest BCUT2D eigenvalue weighted by molar-refractivity contribution is 7.99. The van der Waals surface area contributed by atoms with Crippen molar-refractivity contribution >= 4 is 35.4 Å². The van der Waals surface area contributed by atoms with Gasteiger partial charge in [0.2, 0.25) is 0 Å². The highest BCUT2D eigenvalue weighted by Crippen LogP contribution is 2.40.